The lowest BCUT2D eigenvalue weighted by Gasteiger charge is -1.98. The lowest BCUT2D eigenvalue weighted by Crippen LogP contribution is -2.05. The second kappa shape index (κ2) is 3.52. The minimum absolute atomic E-state index is 0.239. The Bertz CT molecular complexity index is 236. The Hall–Kier alpha value is -1.12. The summed E-state index contributed by atoms with van der Waals surface area (Å²) in [5, 5.41) is 0. The molecule has 66 valence electrons. The number of esters is 2. The molecule has 1 fully saturated rings. The van der Waals surface area contributed by atoms with Crippen LogP contribution in [0.4, 0.5) is 0 Å². The fourth-order valence-electron chi connectivity index (χ4n) is 1.08. The van der Waals surface area contributed by atoms with Crippen LogP contribution in [-0.4, -0.2) is 11.9 Å². The third-order valence-electron chi connectivity index (χ3n) is 1.77. The topological polar surface area (TPSA) is 43.4 Å². The first-order valence-corrected chi connectivity index (χ1v) is 3.97. The number of allylic oxidation sites excluding steroid dienone is 2. The zero-order chi connectivity index (χ0) is 9.14. The van der Waals surface area contributed by atoms with E-state index in [0.29, 0.717) is 6.42 Å². The van der Waals surface area contributed by atoms with Gasteiger partial charge in [0.1, 0.15) is 0 Å². The molecule has 0 radical (unpaired) electrons. The number of hydrogen-bond acceptors (Lipinski definition) is 3. The van der Waals surface area contributed by atoms with Crippen LogP contribution in [0.2, 0.25) is 0 Å². The molecule has 1 heterocycles. The highest BCUT2D eigenvalue weighted by Gasteiger charge is 2.32. The lowest BCUT2D eigenvalue weighted by molar-refractivity contribution is -0.153. The summed E-state index contributed by atoms with van der Waals surface area (Å²) in [7, 11) is 0. The van der Waals surface area contributed by atoms with Gasteiger partial charge >= 0.3 is 11.9 Å². The highest BCUT2D eigenvalue weighted by Crippen LogP contribution is 2.20. The Balaban J connectivity index is 2.49. The van der Waals surface area contributed by atoms with Crippen LogP contribution in [0, 0.1) is 5.92 Å². The van der Waals surface area contributed by atoms with Gasteiger partial charge in [-0.3, -0.25) is 9.59 Å². The van der Waals surface area contributed by atoms with Crippen LogP contribution in [0.3, 0.4) is 0 Å². The van der Waals surface area contributed by atoms with Crippen LogP contribution in [0.15, 0.2) is 11.6 Å². The van der Waals surface area contributed by atoms with Gasteiger partial charge in [0.05, 0.1) is 12.3 Å². The van der Waals surface area contributed by atoms with E-state index >= 15 is 0 Å². The Morgan fingerprint density at radius 1 is 1.58 bits per heavy atom. The van der Waals surface area contributed by atoms with Crippen LogP contribution in [-0.2, 0) is 14.3 Å². The monoisotopic (exact) mass is 168 g/mol. The average Bonchev–Trinajstić information content (AvgIpc) is 2.26. The molecule has 0 amide bonds. The second-order valence-electron chi connectivity index (χ2n) is 3.21. The molecule has 1 aliphatic rings. The van der Waals surface area contributed by atoms with E-state index in [4.69, 9.17) is 0 Å². The van der Waals surface area contributed by atoms with Crippen LogP contribution in [0.1, 0.15) is 26.7 Å². The van der Waals surface area contributed by atoms with Crippen LogP contribution in [0.25, 0.3) is 0 Å². The predicted octanol–water partition coefficient (Wildman–Crippen LogP) is 1.43. The fraction of sp³-hybridized carbons (Fsp3) is 0.556. The van der Waals surface area contributed by atoms with Gasteiger partial charge in [-0.2, -0.15) is 0 Å². The van der Waals surface area contributed by atoms with Gasteiger partial charge in [-0.25, -0.2) is 0 Å². The number of ether oxygens (including phenoxy) is 1. The molecule has 0 bridgehead atoms. The minimum atomic E-state index is -0.396. The van der Waals surface area contributed by atoms with Crippen molar-refractivity contribution in [2.45, 2.75) is 26.7 Å². The van der Waals surface area contributed by atoms with Crippen molar-refractivity contribution < 1.29 is 14.3 Å². The second-order valence-corrected chi connectivity index (χ2v) is 3.21. The molecular formula is C9H12O3. The van der Waals surface area contributed by atoms with Gasteiger partial charge in [0.15, 0.2) is 0 Å². The number of rotatable bonds is 2. The van der Waals surface area contributed by atoms with Crippen molar-refractivity contribution in [1.82, 2.24) is 0 Å². The Kier molecular flexibility index (Phi) is 2.63. The van der Waals surface area contributed by atoms with Crippen LogP contribution >= 0.6 is 0 Å². The molecule has 0 aromatic rings. The summed E-state index contributed by atoms with van der Waals surface area (Å²) in [6, 6.07) is 0. The summed E-state index contributed by atoms with van der Waals surface area (Å²) in [6.07, 6.45) is 2.81. The molecule has 0 saturated carbocycles. The molecule has 0 aliphatic carbocycles. The summed E-state index contributed by atoms with van der Waals surface area (Å²) in [4.78, 5) is 21.6. The van der Waals surface area contributed by atoms with Crippen molar-refractivity contribution in [3.8, 4) is 0 Å². The summed E-state index contributed by atoms with van der Waals surface area (Å²) in [5.41, 5.74) is 1.15. The largest absolute Gasteiger partial charge is 0.393 e. The molecule has 0 N–H and O–H groups in total. The van der Waals surface area contributed by atoms with E-state index in [0.717, 1.165) is 5.57 Å². The van der Waals surface area contributed by atoms with E-state index in [1.165, 1.54) is 0 Å². The van der Waals surface area contributed by atoms with Gasteiger partial charge in [-0.05, 0) is 20.3 Å². The Labute approximate surface area is 71.4 Å². The van der Waals surface area contributed by atoms with Crippen LogP contribution < -0.4 is 0 Å². The molecule has 1 unspecified atom stereocenters. The molecule has 12 heavy (non-hydrogen) atoms. The molecule has 1 saturated heterocycles. The van der Waals surface area contributed by atoms with Gasteiger partial charge in [0.2, 0.25) is 0 Å². The van der Waals surface area contributed by atoms with E-state index in [2.05, 4.69) is 4.74 Å². The van der Waals surface area contributed by atoms with E-state index < -0.39 is 5.97 Å². The Morgan fingerprint density at radius 2 is 2.25 bits per heavy atom. The standard InChI is InChI=1S/C9H12O3/c1-6(2)3-4-7-5-8(10)12-9(7)11/h3,7H,4-5H2,1-2H3. The summed E-state index contributed by atoms with van der Waals surface area (Å²) in [5.74, 6) is -1.02. The maximum atomic E-state index is 10.9. The fourth-order valence-corrected chi connectivity index (χ4v) is 1.08. The van der Waals surface area contributed by atoms with Crippen molar-refractivity contribution in [2.75, 3.05) is 0 Å². The molecule has 1 atom stereocenters. The lowest BCUT2D eigenvalue weighted by atomic mass is 10.0. The zero-order valence-corrected chi connectivity index (χ0v) is 7.29. The van der Waals surface area contributed by atoms with Gasteiger partial charge in [0.25, 0.3) is 0 Å². The van der Waals surface area contributed by atoms with Gasteiger partial charge in [-0.15, -0.1) is 0 Å². The van der Waals surface area contributed by atoms with E-state index in [1.54, 1.807) is 0 Å². The molecule has 0 aromatic heterocycles. The summed E-state index contributed by atoms with van der Waals surface area (Å²) >= 11 is 0. The highest BCUT2D eigenvalue weighted by atomic mass is 16.6. The van der Waals surface area contributed by atoms with Crippen molar-refractivity contribution >= 4 is 11.9 Å². The molecular weight excluding hydrogens is 156 g/mol. The molecule has 0 spiro atoms. The molecule has 0 aromatic carbocycles. The van der Waals surface area contributed by atoms with E-state index in [-0.39, 0.29) is 18.3 Å². The van der Waals surface area contributed by atoms with E-state index in [1.807, 2.05) is 19.9 Å². The first kappa shape index (κ1) is 8.97. The normalized spacial score (nSPS) is 22.3. The highest BCUT2D eigenvalue weighted by molar-refractivity contribution is 5.94. The minimum Gasteiger partial charge on any atom is -0.393 e. The third kappa shape index (κ3) is 2.19. The summed E-state index contributed by atoms with van der Waals surface area (Å²) < 4.78 is 4.40. The van der Waals surface area contributed by atoms with Crippen LogP contribution in [0.5, 0.6) is 0 Å². The molecule has 3 nitrogen and oxygen atoms in total. The zero-order valence-electron chi connectivity index (χ0n) is 7.29. The van der Waals surface area contributed by atoms with Crippen molar-refractivity contribution in [3.63, 3.8) is 0 Å². The maximum absolute atomic E-state index is 10.9. The smallest absolute Gasteiger partial charge is 0.317 e. The SMILES string of the molecule is CC(C)=CCC1CC(=O)OC1=O. The number of carbonyl (C=O) groups is 2. The average molecular weight is 168 g/mol. The molecule has 3 heteroatoms. The number of cyclic esters (lactones) is 2. The quantitative estimate of drug-likeness (QED) is 0.356. The number of carbonyl (C=O) groups excluding carboxylic acids is 2. The summed E-state index contributed by atoms with van der Waals surface area (Å²) in [6.45, 7) is 3.92. The third-order valence-corrected chi connectivity index (χ3v) is 1.77. The first-order chi connectivity index (χ1) is 5.59. The van der Waals surface area contributed by atoms with E-state index in [9.17, 15) is 9.59 Å². The Morgan fingerprint density at radius 3 is 2.67 bits per heavy atom. The van der Waals surface area contributed by atoms with Gasteiger partial charge in [-0.1, -0.05) is 11.6 Å². The molecule has 1 aliphatic heterocycles. The number of hydrogen-bond donors (Lipinski definition) is 0. The maximum Gasteiger partial charge on any atom is 0.317 e. The first-order valence-electron chi connectivity index (χ1n) is 3.97. The van der Waals surface area contributed by atoms with Crippen molar-refractivity contribution in [1.29, 1.82) is 0 Å². The van der Waals surface area contributed by atoms with Gasteiger partial charge < -0.3 is 4.74 Å². The van der Waals surface area contributed by atoms with Crippen molar-refractivity contribution in [2.24, 2.45) is 5.92 Å². The van der Waals surface area contributed by atoms with Gasteiger partial charge in [0, 0.05) is 0 Å². The molecule has 1 rings (SSSR count). The van der Waals surface area contributed by atoms with Crippen molar-refractivity contribution in [3.05, 3.63) is 11.6 Å². The predicted molar refractivity (Wildman–Crippen MR) is 43.3 cm³/mol.